The van der Waals surface area contributed by atoms with E-state index < -0.39 is 0 Å². The molecule has 2 heterocycles. The molecule has 1 saturated heterocycles. The fraction of sp³-hybridized carbons (Fsp3) is 0.643. The molecule has 0 atom stereocenters. The maximum atomic E-state index is 5.41. The number of hydrogen-bond acceptors (Lipinski definition) is 4. The van der Waals surface area contributed by atoms with Gasteiger partial charge in [-0.25, -0.2) is 4.98 Å². The fourth-order valence-corrected chi connectivity index (χ4v) is 2.92. The van der Waals surface area contributed by atoms with Gasteiger partial charge in [-0.05, 0) is 47.8 Å². The number of nitrogens with zero attached hydrogens (tertiary/aromatic N) is 2. The second-order valence-electron chi connectivity index (χ2n) is 5.10. The Morgan fingerprint density at radius 1 is 1.47 bits per heavy atom. The van der Waals surface area contributed by atoms with Gasteiger partial charge in [-0.3, -0.25) is 0 Å². The number of rotatable bonds is 5. The molecule has 5 heteroatoms. The predicted octanol–water partition coefficient (Wildman–Crippen LogP) is 2.43. The van der Waals surface area contributed by atoms with Crippen molar-refractivity contribution in [3.63, 3.8) is 0 Å². The van der Waals surface area contributed by atoms with E-state index in [4.69, 9.17) is 4.74 Å². The third-order valence-electron chi connectivity index (χ3n) is 3.51. The van der Waals surface area contributed by atoms with Crippen molar-refractivity contribution in [2.45, 2.75) is 19.4 Å². The van der Waals surface area contributed by atoms with Gasteiger partial charge in [-0.15, -0.1) is 0 Å². The van der Waals surface area contributed by atoms with Crippen LogP contribution in [0.15, 0.2) is 16.7 Å². The summed E-state index contributed by atoms with van der Waals surface area (Å²) >= 11 is 3.49. The molecule has 1 aliphatic heterocycles. The summed E-state index contributed by atoms with van der Waals surface area (Å²) in [5.74, 6) is 1.79. The molecule has 19 heavy (non-hydrogen) atoms. The van der Waals surface area contributed by atoms with Crippen LogP contribution in [0.4, 0.5) is 5.82 Å². The van der Waals surface area contributed by atoms with Crippen LogP contribution in [0.2, 0.25) is 0 Å². The van der Waals surface area contributed by atoms with Crippen LogP contribution in [-0.4, -0.2) is 38.8 Å². The summed E-state index contributed by atoms with van der Waals surface area (Å²) in [5, 5.41) is 3.20. The van der Waals surface area contributed by atoms with Gasteiger partial charge in [0.1, 0.15) is 5.82 Å². The lowest BCUT2D eigenvalue weighted by molar-refractivity contribution is 0.0685. The highest BCUT2D eigenvalue weighted by atomic mass is 79.9. The van der Waals surface area contributed by atoms with Crippen LogP contribution in [0.25, 0.3) is 0 Å². The number of ether oxygens (including phenoxy) is 1. The van der Waals surface area contributed by atoms with Crippen molar-refractivity contribution in [3.05, 3.63) is 22.3 Å². The minimum atomic E-state index is 0.714. The lowest BCUT2D eigenvalue weighted by Gasteiger charge is -2.29. The number of pyridine rings is 1. The topological polar surface area (TPSA) is 37.4 Å². The van der Waals surface area contributed by atoms with Crippen molar-refractivity contribution in [1.29, 1.82) is 0 Å². The molecule has 1 aromatic heterocycles. The number of anilines is 1. The van der Waals surface area contributed by atoms with E-state index in [9.17, 15) is 0 Å². The Hall–Kier alpha value is -0.650. The van der Waals surface area contributed by atoms with Gasteiger partial charge in [0.2, 0.25) is 0 Å². The first kappa shape index (κ1) is 14.8. The van der Waals surface area contributed by atoms with Crippen LogP contribution in [0, 0.1) is 5.92 Å². The Morgan fingerprint density at radius 3 is 2.89 bits per heavy atom. The molecule has 0 bridgehead atoms. The molecule has 1 N–H and O–H groups in total. The summed E-state index contributed by atoms with van der Waals surface area (Å²) in [7, 11) is 4.09. The minimum Gasteiger partial charge on any atom is -0.381 e. The fourth-order valence-electron chi connectivity index (χ4n) is 2.54. The van der Waals surface area contributed by atoms with E-state index in [1.165, 1.54) is 5.56 Å². The number of hydrogen-bond donors (Lipinski definition) is 1. The molecule has 0 aliphatic carbocycles. The third-order valence-corrected chi connectivity index (χ3v) is 3.94. The molecule has 0 radical (unpaired) electrons. The molecule has 1 aliphatic rings. The van der Waals surface area contributed by atoms with E-state index in [0.29, 0.717) is 5.92 Å². The molecule has 0 spiro atoms. The molecule has 2 rings (SSSR count). The summed E-state index contributed by atoms with van der Waals surface area (Å²) in [6, 6.07) is 2.14. The first-order chi connectivity index (χ1) is 9.20. The minimum absolute atomic E-state index is 0.714. The molecule has 4 nitrogen and oxygen atoms in total. The van der Waals surface area contributed by atoms with E-state index in [-0.39, 0.29) is 0 Å². The number of aromatic nitrogens is 1. The van der Waals surface area contributed by atoms with Crippen molar-refractivity contribution in [3.8, 4) is 0 Å². The Kier molecular flexibility index (Phi) is 5.60. The quantitative estimate of drug-likeness (QED) is 0.901. The normalized spacial score (nSPS) is 16.6. The van der Waals surface area contributed by atoms with E-state index in [0.717, 1.165) is 49.4 Å². The zero-order valence-corrected chi connectivity index (χ0v) is 13.2. The van der Waals surface area contributed by atoms with E-state index in [2.05, 4.69) is 44.2 Å². The summed E-state index contributed by atoms with van der Waals surface area (Å²) in [5.41, 5.74) is 1.23. The first-order valence-corrected chi connectivity index (χ1v) is 7.58. The molecule has 0 saturated carbocycles. The molecular formula is C14H22BrN3O. The second-order valence-corrected chi connectivity index (χ2v) is 6.02. The largest absolute Gasteiger partial charge is 0.381 e. The van der Waals surface area contributed by atoms with Crippen LogP contribution in [0.5, 0.6) is 0 Å². The average molecular weight is 328 g/mol. The SMILES string of the molecule is CNCc1cc(Br)cnc1N(C)CC1CCOCC1. The van der Waals surface area contributed by atoms with Crippen molar-refractivity contribution in [1.82, 2.24) is 10.3 Å². The maximum absolute atomic E-state index is 5.41. The molecule has 1 aromatic rings. The molecule has 0 aromatic carbocycles. The number of halogens is 1. The Bertz CT molecular complexity index is 408. The Balaban J connectivity index is 2.06. The monoisotopic (exact) mass is 327 g/mol. The smallest absolute Gasteiger partial charge is 0.132 e. The van der Waals surface area contributed by atoms with Gasteiger partial charge in [0.05, 0.1) is 0 Å². The van der Waals surface area contributed by atoms with Gasteiger partial charge in [-0.1, -0.05) is 0 Å². The number of nitrogens with one attached hydrogen (secondary N) is 1. The van der Waals surface area contributed by atoms with Crippen LogP contribution in [0.1, 0.15) is 18.4 Å². The van der Waals surface area contributed by atoms with Gasteiger partial charge in [0.15, 0.2) is 0 Å². The van der Waals surface area contributed by atoms with Gasteiger partial charge < -0.3 is 15.0 Å². The van der Waals surface area contributed by atoms with Gasteiger partial charge in [0.25, 0.3) is 0 Å². The van der Waals surface area contributed by atoms with Gasteiger partial charge in [-0.2, -0.15) is 0 Å². The zero-order chi connectivity index (χ0) is 13.7. The van der Waals surface area contributed by atoms with E-state index in [1.807, 2.05) is 13.2 Å². The van der Waals surface area contributed by atoms with Gasteiger partial charge >= 0.3 is 0 Å². The highest BCUT2D eigenvalue weighted by Crippen LogP contribution is 2.23. The second kappa shape index (κ2) is 7.22. The van der Waals surface area contributed by atoms with E-state index in [1.54, 1.807) is 0 Å². The highest BCUT2D eigenvalue weighted by molar-refractivity contribution is 9.10. The predicted molar refractivity (Wildman–Crippen MR) is 81.5 cm³/mol. The first-order valence-electron chi connectivity index (χ1n) is 6.78. The van der Waals surface area contributed by atoms with Crippen molar-refractivity contribution in [2.75, 3.05) is 38.8 Å². The third kappa shape index (κ3) is 4.16. The summed E-state index contributed by atoms with van der Waals surface area (Å²) < 4.78 is 6.44. The molecule has 0 amide bonds. The lowest BCUT2D eigenvalue weighted by atomic mass is 10.00. The van der Waals surface area contributed by atoms with E-state index >= 15 is 0 Å². The van der Waals surface area contributed by atoms with Crippen LogP contribution in [0.3, 0.4) is 0 Å². The highest BCUT2D eigenvalue weighted by Gasteiger charge is 2.18. The molecule has 0 unspecified atom stereocenters. The molecular weight excluding hydrogens is 306 g/mol. The van der Waals surface area contributed by atoms with Crippen LogP contribution >= 0.6 is 15.9 Å². The van der Waals surface area contributed by atoms with Crippen LogP contribution in [-0.2, 0) is 11.3 Å². The molecule has 106 valence electrons. The van der Waals surface area contributed by atoms with Gasteiger partial charge in [0, 0.05) is 49.6 Å². The maximum Gasteiger partial charge on any atom is 0.132 e. The average Bonchev–Trinajstić information content (AvgIpc) is 2.40. The van der Waals surface area contributed by atoms with Crippen molar-refractivity contribution in [2.24, 2.45) is 5.92 Å². The summed E-state index contributed by atoms with van der Waals surface area (Å²) in [6.07, 6.45) is 4.18. The van der Waals surface area contributed by atoms with Crippen molar-refractivity contribution < 1.29 is 4.74 Å². The van der Waals surface area contributed by atoms with Crippen molar-refractivity contribution >= 4 is 21.7 Å². The lowest BCUT2D eigenvalue weighted by Crippen LogP contribution is -2.31. The zero-order valence-electron chi connectivity index (χ0n) is 11.7. The summed E-state index contributed by atoms with van der Waals surface area (Å²) in [6.45, 7) is 3.68. The Labute approximate surface area is 123 Å². The standard InChI is InChI=1S/C14H22BrN3O/c1-16-8-12-7-13(15)9-17-14(12)18(2)10-11-3-5-19-6-4-11/h7,9,11,16H,3-6,8,10H2,1-2H3. The Morgan fingerprint density at radius 2 is 2.21 bits per heavy atom. The van der Waals surface area contributed by atoms with Crippen LogP contribution < -0.4 is 10.2 Å². The summed E-state index contributed by atoms with van der Waals surface area (Å²) in [4.78, 5) is 6.84. The molecule has 1 fully saturated rings.